The first-order valence-electron chi connectivity index (χ1n) is 9.71. The summed E-state index contributed by atoms with van der Waals surface area (Å²) in [6.45, 7) is 11.4. The molecule has 0 atom stereocenters. The minimum Gasteiger partial charge on any atom is -0.270 e. The Kier molecular flexibility index (Phi) is 5.32. The summed E-state index contributed by atoms with van der Waals surface area (Å²) in [7, 11) is -2.48. The van der Waals surface area contributed by atoms with Gasteiger partial charge >= 0.3 is 0 Å². The summed E-state index contributed by atoms with van der Waals surface area (Å²) in [5.74, 6) is 0. The van der Waals surface area contributed by atoms with E-state index in [4.69, 9.17) is 0 Å². The Balaban J connectivity index is 1.96. The predicted molar refractivity (Wildman–Crippen MR) is 116 cm³/mol. The third-order valence-corrected chi connectivity index (χ3v) is 7.37. The van der Waals surface area contributed by atoms with Gasteiger partial charge in [-0.3, -0.25) is 4.18 Å². The third-order valence-electron chi connectivity index (χ3n) is 6.08. The predicted octanol–water partition coefficient (Wildman–Crippen LogP) is 5.93. The molecule has 0 radical (unpaired) electrons. The van der Waals surface area contributed by atoms with Crippen LogP contribution in [0, 0.1) is 0 Å². The van der Waals surface area contributed by atoms with Crippen molar-refractivity contribution in [3.05, 3.63) is 64.7 Å². The lowest BCUT2D eigenvalue weighted by Crippen LogP contribution is -2.33. The summed E-state index contributed by atoms with van der Waals surface area (Å²) in [6, 6.07) is 13.6. The van der Waals surface area contributed by atoms with Crippen LogP contribution in [0.1, 0.15) is 69.7 Å². The van der Waals surface area contributed by atoms with Gasteiger partial charge in [0.1, 0.15) is 0 Å². The molecule has 0 N–H and O–H groups in total. The van der Waals surface area contributed by atoms with Gasteiger partial charge < -0.3 is 0 Å². The molecule has 3 rings (SSSR count). The van der Waals surface area contributed by atoms with E-state index in [1.165, 1.54) is 36.6 Å². The molecule has 0 fully saturated rings. The standard InChI is InChI=1S/C24H30O3S/c1-17(15-18-7-10-20(11-8-18)28(25,26)27-6)19-9-12-21-22(16-19)24(4,5)14-13-23(21,2)3/h7-12,15-16H,13-14H2,1-6H3/b17-15+. The van der Waals surface area contributed by atoms with E-state index >= 15 is 0 Å². The van der Waals surface area contributed by atoms with E-state index in [2.05, 4.69) is 63.1 Å². The van der Waals surface area contributed by atoms with Crippen LogP contribution in [-0.4, -0.2) is 15.5 Å². The van der Waals surface area contributed by atoms with Gasteiger partial charge in [0.15, 0.2) is 0 Å². The summed E-state index contributed by atoms with van der Waals surface area (Å²) in [5, 5.41) is 0. The highest BCUT2D eigenvalue weighted by molar-refractivity contribution is 7.86. The Labute approximate surface area is 169 Å². The quantitative estimate of drug-likeness (QED) is 0.473. The second-order valence-electron chi connectivity index (χ2n) is 9.05. The maximum absolute atomic E-state index is 11.8. The maximum atomic E-state index is 11.8. The van der Waals surface area contributed by atoms with Gasteiger partial charge in [0, 0.05) is 0 Å². The fourth-order valence-corrected chi connectivity index (χ4v) is 4.66. The molecule has 0 amide bonds. The molecule has 2 aromatic carbocycles. The summed E-state index contributed by atoms with van der Waals surface area (Å²) >= 11 is 0. The van der Waals surface area contributed by atoms with Gasteiger partial charge in [-0.15, -0.1) is 0 Å². The largest absolute Gasteiger partial charge is 0.296 e. The number of allylic oxidation sites excluding steroid dienone is 1. The number of benzene rings is 2. The summed E-state index contributed by atoms with van der Waals surface area (Å²) in [5.41, 5.74) is 6.61. The number of hydrogen-bond acceptors (Lipinski definition) is 3. The zero-order chi connectivity index (χ0) is 20.7. The Morgan fingerprint density at radius 2 is 1.50 bits per heavy atom. The van der Waals surface area contributed by atoms with E-state index in [9.17, 15) is 8.42 Å². The van der Waals surface area contributed by atoms with Crippen LogP contribution in [0.4, 0.5) is 0 Å². The van der Waals surface area contributed by atoms with Crippen molar-refractivity contribution < 1.29 is 12.6 Å². The van der Waals surface area contributed by atoms with E-state index in [0.29, 0.717) is 0 Å². The van der Waals surface area contributed by atoms with Crippen LogP contribution in [0.15, 0.2) is 47.4 Å². The van der Waals surface area contributed by atoms with Crippen molar-refractivity contribution in [3.63, 3.8) is 0 Å². The normalized spacial score (nSPS) is 18.6. The third kappa shape index (κ3) is 3.94. The summed E-state index contributed by atoms with van der Waals surface area (Å²) in [6.07, 6.45) is 4.48. The topological polar surface area (TPSA) is 43.4 Å². The Morgan fingerprint density at radius 1 is 0.929 bits per heavy atom. The summed E-state index contributed by atoms with van der Waals surface area (Å²) in [4.78, 5) is 0.169. The Morgan fingerprint density at radius 3 is 2.07 bits per heavy atom. The molecule has 0 saturated carbocycles. The Bertz CT molecular complexity index is 1010. The molecule has 28 heavy (non-hydrogen) atoms. The zero-order valence-corrected chi connectivity index (χ0v) is 18.5. The molecule has 2 aromatic rings. The van der Waals surface area contributed by atoms with Crippen molar-refractivity contribution in [2.45, 2.75) is 63.2 Å². The molecule has 1 aliphatic carbocycles. The number of fused-ring (bicyclic) bond motifs is 1. The lowest BCUT2D eigenvalue weighted by molar-refractivity contribution is 0.332. The molecule has 4 heteroatoms. The van der Waals surface area contributed by atoms with Crippen molar-refractivity contribution in [3.8, 4) is 0 Å². The molecular formula is C24H30O3S. The first-order chi connectivity index (χ1) is 13.0. The summed E-state index contributed by atoms with van der Waals surface area (Å²) < 4.78 is 28.1. The highest BCUT2D eigenvalue weighted by atomic mass is 32.2. The van der Waals surface area contributed by atoms with Gasteiger partial charge in [0.25, 0.3) is 10.1 Å². The van der Waals surface area contributed by atoms with Crippen molar-refractivity contribution in [2.75, 3.05) is 7.11 Å². The van der Waals surface area contributed by atoms with Crippen molar-refractivity contribution in [1.29, 1.82) is 0 Å². The smallest absolute Gasteiger partial charge is 0.270 e. The van der Waals surface area contributed by atoms with Crippen molar-refractivity contribution in [2.24, 2.45) is 0 Å². The van der Waals surface area contributed by atoms with Gasteiger partial charge in [-0.25, -0.2) is 0 Å². The minimum absolute atomic E-state index is 0.169. The zero-order valence-electron chi connectivity index (χ0n) is 17.7. The maximum Gasteiger partial charge on any atom is 0.296 e. The molecule has 0 aromatic heterocycles. The first kappa shape index (κ1) is 20.8. The van der Waals surface area contributed by atoms with Crippen LogP contribution >= 0.6 is 0 Å². The number of rotatable bonds is 4. The molecule has 3 nitrogen and oxygen atoms in total. The first-order valence-corrected chi connectivity index (χ1v) is 11.1. The monoisotopic (exact) mass is 398 g/mol. The molecule has 150 valence electrons. The van der Waals surface area contributed by atoms with E-state index in [-0.39, 0.29) is 15.7 Å². The van der Waals surface area contributed by atoms with Crippen LogP contribution in [-0.2, 0) is 25.1 Å². The molecule has 0 aliphatic heterocycles. The SMILES string of the molecule is COS(=O)(=O)c1ccc(/C=C(\C)c2ccc3c(c2)C(C)(C)CCC3(C)C)cc1. The van der Waals surface area contributed by atoms with E-state index in [1.807, 2.05) is 0 Å². The molecule has 0 saturated heterocycles. The van der Waals surface area contributed by atoms with Crippen molar-refractivity contribution in [1.82, 2.24) is 0 Å². The van der Waals surface area contributed by atoms with Crippen molar-refractivity contribution >= 4 is 21.8 Å². The molecule has 0 spiro atoms. The average Bonchev–Trinajstić information content (AvgIpc) is 2.65. The number of hydrogen-bond donors (Lipinski definition) is 0. The highest BCUT2D eigenvalue weighted by Gasteiger charge is 2.36. The van der Waals surface area contributed by atoms with Gasteiger partial charge in [-0.2, -0.15) is 8.42 Å². The molecule has 0 heterocycles. The second-order valence-corrected chi connectivity index (χ2v) is 10.8. The molecule has 0 bridgehead atoms. The van der Waals surface area contributed by atoms with E-state index in [0.717, 1.165) is 11.1 Å². The van der Waals surface area contributed by atoms with Crippen LogP contribution < -0.4 is 0 Å². The second kappa shape index (κ2) is 7.16. The van der Waals surface area contributed by atoms with Gasteiger partial charge in [0.05, 0.1) is 12.0 Å². The molecule has 1 aliphatic rings. The van der Waals surface area contributed by atoms with Gasteiger partial charge in [-0.05, 0) is 70.6 Å². The van der Waals surface area contributed by atoms with Gasteiger partial charge in [-0.1, -0.05) is 64.1 Å². The Hall–Kier alpha value is -1.91. The van der Waals surface area contributed by atoms with Gasteiger partial charge in [0.2, 0.25) is 0 Å². The van der Waals surface area contributed by atoms with Crippen LogP contribution in [0.25, 0.3) is 11.6 Å². The van der Waals surface area contributed by atoms with Crippen LogP contribution in [0.5, 0.6) is 0 Å². The van der Waals surface area contributed by atoms with E-state index in [1.54, 1.807) is 24.3 Å². The lowest BCUT2D eigenvalue weighted by Gasteiger charge is -2.42. The van der Waals surface area contributed by atoms with E-state index < -0.39 is 10.1 Å². The fourth-order valence-electron chi connectivity index (χ4n) is 3.99. The van der Waals surface area contributed by atoms with Crippen LogP contribution in [0.2, 0.25) is 0 Å². The average molecular weight is 399 g/mol. The van der Waals surface area contributed by atoms with Crippen LogP contribution in [0.3, 0.4) is 0 Å². The fraction of sp³-hybridized carbons (Fsp3) is 0.417. The minimum atomic E-state index is -3.65. The highest BCUT2D eigenvalue weighted by Crippen LogP contribution is 2.46. The molecule has 0 unspecified atom stereocenters. The lowest BCUT2D eigenvalue weighted by atomic mass is 9.63. The molecular weight excluding hydrogens is 368 g/mol.